The predicted octanol–water partition coefficient (Wildman–Crippen LogP) is 4.36. The molecule has 0 unspecified atom stereocenters. The second-order valence-electron chi connectivity index (χ2n) is 8.06. The van der Waals surface area contributed by atoms with E-state index in [9.17, 15) is 9.59 Å². The quantitative estimate of drug-likeness (QED) is 0.661. The summed E-state index contributed by atoms with van der Waals surface area (Å²) in [6.45, 7) is 14.5. The number of esters is 1. The number of carboxylic acids is 1. The van der Waals surface area contributed by atoms with E-state index in [1.165, 1.54) is 0 Å². The average molecular weight is 320 g/mol. The van der Waals surface area contributed by atoms with Crippen molar-refractivity contribution in [3.8, 4) is 5.75 Å². The lowest BCUT2D eigenvalue weighted by Crippen LogP contribution is -2.22. The second-order valence-corrected chi connectivity index (χ2v) is 8.06. The normalized spacial score (nSPS) is 12.1. The van der Waals surface area contributed by atoms with E-state index in [2.05, 4.69) is 41.5 Å². The van der Waals surface area contributed by atoms with Gasteiger partial charge in [0.15, 0.2) is 0 Å². The van der Waals surface area contributed by atoms with Crippen LogP contribution in [0.5, 0.6) is 5.75 Å². The van der Waals surface area contributed by atoms with Gasteiger partial charge in [0.25, 0.3) is 0 Å². The molecule has 4 nitrogen and oxygen atoms in total. The molecule has 0 fully saturated rings. The maximum absolute atomic E-state index is 12.1. The van der Waals surface area contributed by atoms with Gasteiger partial charge in [-0.15, -0.1) is 0 Å². The molecule has 128 valence electrons. The van der Waals surface area contributed by atoms with E-state index >= 15 is 0 Å². The van der Waals surface area contributed by atoms with Crippen molar-refractivity contribution in [1.29, 1.82) is 0 Å². The Hall–Kier alpha value is -1.84. The molecule has 0 bridgehead atoms. The van der Waals surface area contributed by atoms with Gasteiger partial charge in [-0.25, -0.2) is 0 Å². The van der Waals surface area contributed by atoms with E-state index in [4.69, 9.17) is 9.84 Å². The summed E-state index contributed by atoms with van der Waals surface area (Å²) in [5, 5.41) is 8.72. The van der Waals surface area contributed by atoms with Gasteiger partial charge in [-0.1, -0.05) is 59.2 Å². The van der Waals surface area contributed by atoms with Crippen molar-refractivity contribution in [1.82, 2.24) is 0 Å². The largest absolute Gasteiger partial charge is 0.481 e. The summed E-state index contributed by atoms with van der Waals surface area (Å²) in [4.78, 5) is 22.7. The first-order valence-electron chi connectivity index (χ1n) is 7.90. The molecule has 0 spiro atoms. The molecule has 0 aliphatic heterocycles. The Bertz CT molecular complexity index is 566. The van der Waals surface area contributed by atoms with Crippen LogP contribution in [0.3, 0.4) is 0 Å². The Morgan fingerprint density at radius 3 is 1.74 bits per heavy atom. The van der Waals surface area contributed by atoms with E-state index < -0.39 is 11.9 Å². The summed E-state index contributed by atoms with van der Waals surface area (Å²) in [6.07, 6.45) is -0.350. The van der Waals surface area contributed by atoms with Gasteiger partial charge in [-0.2, -0.15) is 0 Å². The van der Waals surface area contributed by atoms with Crippen LogP contribution in [-0.2, 0) is 20.4 Å². The molecule has 0 amide bonds. The van der Waals surface area contributed by atoms with E-state index in [0.717, 1.165) is 16.7 Å². The standard InChI is InChI=1S/C19H28O4/c1-12-10-13(18(2,3)4)17(14(11-12)19(5,6)7)23-16(22)9-8-15(20)21/h10-11H,8-9H2,1-7H3,(H,20,21). The smallest absolute Gasteiger partial charge is 0.311 e. The van der Waals surface area contributed by atoms with Crippen LogP contribution in [0.2, 0.25) is 0 Å². The van der Waals surface area contributed by atoms with Gasteiger partial charge in [0.05, 0.1) is 12.8 Å². The highest BCUT2D eigenvalue weighted by molar-refractivity contribution is 5.79. The number of carbonyl (C=O) groups is 2. The fraction of sp³-hybridized carbons (Fsp3) is 0.579. The molecule has 1 aromatic carbocycles. The summed E-state index contributed by atoms with van der Waals surface area (Å²) in [7, 11) is 0. The van der Waals surface area contributed by atoms with Crippen LogP contribution >= 0.6 is 0 Å². The maximum Gasteiger partial charge on any atom is 0.311 e. The number of benzene rings is 1. The first-order chi connectivity index (χ1) is 10.3. The van der Waals surface area contributed by atoms with Crippen LogP contribution in [0, 0.1) is 6.92 Å². The lowest BCUT2D eigenvalue weighted by molar-refractivity contribution is -0.142. The van der Waals surface area contributed by atoms with Crippen molar-refractivity contribution < 1.29 is 19.4 Å². The van der Waals surface area contributed by atoms with Crippen molar-refractivity contribution in [2.75, 3.05) is 0 Å². The summed E-state index contributed by atoms with van der Waals surface area (Å²) in [6, 6.07) is 4.07. The summed E-state index contributed by atoms with van der Waals surface area (Å²) >= 11 is 0. The second kappa shape index (κ2) is 6.73. The van der Waals surface area contributed by atoms with E-state index in [0.29, 0.717) is 5.75 Å². The molecule has 0 saturated heterocycles. The van der Waals surface area contributed by atoms with Crippen molar-refractivity contribution in [2.24, 2.45) is 0 Å². The van der Waals surface area contributed by atoms with E-state index in [1.54, 1.807) is 0 Å². The molecular formula is C19H28O4. The number of aliphatic carboxylic acids is 1. The van der Waals surface area contributed by atoms with Gasteiger partial charge in [0.2, 0.25) is 0 Å². The molecule has 0 heterocycles. The third-order valence-electron chi connectivity index (χ3n) is 3.61. The molecule has 1 rings (SSSR count). The molecule has 23 heavy (non-hydrogen) atoms. The molecule has 0 aromatic heterocycles. The number of carboxylic acid groups (broad SMARTS) is 1. The number of rotatable bonds is 4. The van der Waals surface area contributed by atoms with Gasteiger partial charge < -0.3 is 9.84 Å². The Morgan fingerprint density at radius 2 is 1.39 bits per heavy atom. The molecule has 0 aliphatic carbocycles. The Kier molecular flexibility index (Phi) is 5.62. The number of hydrogen-bond acceptors (Lipinski definition) is 3. The fourth-order valence-electron chi connectivity index (χ4n) is 2.37. The van der Waals surface area contributed by atoms with Gasteiger partial charge in [-0.05, 0) is 17.8 Å². The van der Waals surface area contributed by atoms with Crippen molar-refractivity contribution >= 4 is 11.9 Å². The monoisotopic (exact) mass is 320 g/mol. The molecule has 0 radical (unpaired) electrons. The van der Waals surface area contributed by atoms with Crippen LogP contribution < -0.4 is 4.74 Å². The summed E-state index contributed by atoms with van der Waals surface area (Å²) < 4.78 is 5.63. The van der Waals surface area contributed by atoms with E-state index in [-0.39, 0.29) is 23.7 Å². The first kappa shape index (κ1) is 19.2. The zero-order chi connectivity index (χ0) is 18.0. The minimum absolute atomic E-state index is 0.129. The molecular weight excluding hydrogens is 292 g/mol. The highest BCUT2D eigenvalue weighted by Gasteiger charge is 2.28. The molecule has 4 heteroatoms. The van der Waals surface area contributed by atoms with Gasteiger partial charge >= 0.3 is 11.9 Å². The topological polar surface area (TPSA) is 63.6 Å². The van der Waals surface area contributed by atoms with Gasteiger partial charge in [0.1, 0.15) is 5.75 Å². The van der Waals surface area contributed by atoms with Crippen molar-refractivity contribution in [3.63, 3.8) is 0 Å². The van der Waals surface area contributed by atoms with Crippen LogP contribution in [0.4, 0.5) is 0 Å². The molecule has 1 N–H and O–H groups in total. The Balaban J connectivity index is 3.36. The maximum atomic E-state index is 12.1. The zero-order valence-corrected chi connectivity index (χ0v) is 15.2. The molecule has 1 aromatic rings. The van der Waals surface area contributed by atoms with Crippen LogP contribution in [0.15, 0.2) is 12.1 Å². The fourth-order valence-corrected chi connectivity index (χ4v) is 2.37. The third kappa shape index (κ3) is 5.38. The van der Waals surface area contributed by atoms with Gasteiger partial charge in [0, 0.05) is 11.1 Å². The van der Waals surface area contributed by atoms with E-state index in [1.807, 2.05) is 19.1 Å². The number of ether oxygens (including phenoxy) is 1. The lowest BCUT2D eigenvalue weighted by Gasteiger charge is -2.29. The predicted molar refractivity (Wildman–Crippen MR) is 91.1 cm³/mol. The number of hydrogen-bond donors (Lipinski definition) is 1. The summed E-state index contributed by atoms with van der Waals surface area (Å²) in [5.74, 6) is -0.934. The van der Waals surface area contributed by atoms with Crippen LogP contribution in [-0.4, -0.2) is 17.0 Å². The Labute approximate surface area is 138 Å². The minimum atomic E-state index is -1.00. The average Bonchev–Trinajstić information content (AvgIpc) is 2.35. The number of aryl methyl sites for hydroxylation is 1. The number of carbonyl (C=O) groups excluding carboxylic acids is 1. The highest BCUT2D eigenvalue weighted by Crippen LogP contribution is 2.40. The highest BCUT2D eigenvalue weighted by atomic mass is 16.5. The molecule has 0 saturated carbocycles. The van der Waals surface area contributed by atoms with Gasteiger partial charge in [-0.3, -0.25) is 9.59 Å². The first-order valence-corrected chi connectivity index (χ1v) is 7.90. The van der Waals surface area contributed by atoms with Crippen molar-refractivity contribution in [3.05, 3.63) is 28.8 Å². The summed E-state index contributed by atoms with van der Waals surface area (Å²) in [5.41, 5.74) is 2.67. The van der Waals surface area contributed by atoms with Crippen molar-refractivity contribution in [2.45, 2.75) is 72.1 Å². The third-order valence-corrected chi connectivity index (χ3v) is 3.61. The minimum Gasteiger partial charge on any atom is -0.481 e. The van der Waals surface area contributed by atoms with Crippen LogP contribution in [0.25, 0.3) is 0 Å². The lowest BCUT2D eigenvalue weighted by atomic mass is 9.78. The molecule has 0 atom stereocenters. The molecule has 0 aliphatic rings. The SMILES string of the molecule is Cc1cc(C(C)(C)C)c(OC(=O)CCC(=O)O)c(C(C)(C)C)c1. The van der Waals surface area contributed by atoms with Crippen LogP contribution in [0.1, 0.15) is 71.1 Å². The Morgan fingerprint density at radius 1 is 0.957 bits per heavy atom. The zero-order valence-electron chi connectivity index (χ0n) is 15.2.